The third kappa shape index (κ3) is 6.23. The number of nitrogens with one attached hydrogen (secondary N) is 2. The molecular formula is C19H28N6O. The topological polar surface area (TPSA) is 74.5 Å². The van der Waals surface area contributed by atoms with E-state index >= 15 is 0 Å². The summed E-state index contributed by atoms with van der Waals surface area (Å²) in [4.78, 5) is 17.9. The van der Waals surface area contributed by atoms with Crippen LogP contribution in [-0.4, -0.2) is 60.8 Å². The summed E-state index contributed by atoms with van der Waals surface area (Å²) in [6, 6.07) is 9.68. The second-order valence-corrected chi connectivity index (χ2v) is 6.20. The molecule has 140 valence electrons. The molecule has 0 aliphatic rings. The lowest BCUT2D eigenvalue weighted by Crippen LogP contribution is -2.39. The number of carbonyl (C=O) groups is 1. The monoisotopic (exact) mass is 356 g/mol. The van der Waals surface area contributed by atoms with Crippen LogP contribution in [0.5, 0.6) is 0 Å². The van der Waals surface area contributed by atoms with Crippen molar-refractivity contribution < 1.29 is 4.79 Å². The van der Waals surface area contributed by atoms with Crippen molar-refractivity contribution in [2.24, 2.45) is 4.99 Å². The number of nitrogens with zero attached hydrogens (tertiary/aromatic N) is 4. The second kappa shape index (κ2) is 10.2. The maximum Gasteiger partial charge on any atom is 0.253 e. The molecule has 26 heavy (non-hydrogen) atoms. The van der Waals surface area contributed by atoms with E-state index in [1.54, 1.807) is 32.2 Å². The van der Waals surface area contributed by atoms with Crippen LogP contribution < -0.4 is 10.6 Å². The number of guanidine groups is 1. The first kappa shape index (κ1) is 19.5. The van der Waals surface area contributed by atoms with Gasteiger partial charge >= 0.3 is 0 Å². The summed E-state index contributed by atoms with van der Waals surface area (Å²) in [7, 11) is 5.29. The van der Waals surface area contributed by atoms with Crippen LogP contribution in [0.15, 0.2) is 47.7 Å². The van der Waals surface area contributed by atoms with Crippen LogP contribution in [-0.2, 0) is 13.0 Å². The standard InChI is InChI=1S/C19H28N6O/c1-20-19(21-10-5-13-25-14-6-11-23-25)22-12-9-16-7-4-8-17(15-16)18(26)24(2)3/h4,6-8,11,14-15H,5,9-10,12-13H2,1-3H3,(H2,20,21,22). The van der Waals surface area contributed by atoms with E-state index in [0.717, 1.165) is 44.0 Å². The van der Waals surface area contributed by atoms with Crippen LogP contribution >= 0.6 is 0 Å². The van der Waals surface area contributed by atoms with E-state index in [1.165, 1.54) is 0 Å². The van der Waals surface area contributed by atoms with Crippen molar-refractivity contribution in [2.75, 3.05) is 34.2 Å². The van der Waals surface area contributed by atoms with Crippen LogP contribution in [0, 0.1) is 0 Å². The molecule has 7 heteroatoms. The minimum absolute atomic E-state index is 0.0227. The van der Waals surface area contributed by atoms with E-state index < -0.39 is 0 Å². The Labute approximate surface area is 155 Å². The van der Waals surface area contributed by atoms with Gasteiger partial charge in [0, 0.05) is 58.7 Å². The number of rotatable bonds is 8. The Bertz CT molecular complexity index is 709. The lowest BCUT2D eigenvalue weighted by atomic mass is 10.1. The summed E-state index contributed by atoms with van der Waals surface area (Å²) in [5.74, 6) is 0.806. The molecule has 0 atom stereocenters. The zero-order valence-corrected chi connectivity index (χ0v) is 15.8. The highest BCUT2D eigenvalue weighted by atomic mass is 16.2. The van der Waals surface area contributed by atoms with Crippen LogP contribution in [0.1, 0.15) is 22.3 Å². The highest BCUT2D eigenvalue weighted by Crippen LogP contribution is 2.07. The first-order chi connectivity index (χ1) is 12.6. The summed E-state index contributed by atoms with van der Waals surface area (Å²) < 4.78 is 1.92. The number of aromatic nitrogens is 2. The average molecular weight is 356 g/mol. The van der Waals surface area contributed by atoms with E-state index in [0.29, 0.717) is 5.56 Å². The van der Waals surface area contributed by atoms with Gasteiger partial charge in [-0.05, 0) is 36.6 Å². The SMILES string of the molecule is CN=C(NCCCn1cccn1)NCCc1cccc(C(=O)N(C)C)c1. The molecule has 0 bridgehead atoms. The molecule has 1 aromatic heterocycles. The van der Waals surface area contributed by atoms with E-state index in [1.807, 2.05) is 41.2 Å². The lowest BCUT2D eigenvalue weighted by molar-refractivity contribution is 0.0827. The van der Waals surface area contributed by atoms with Crippen LogP contribution in [0.2, 0.25) is 0 Å². The van der Waals surface area contributed by atoms with E-state index in [4.69, 9.17) is 0 Å². The maximum absolute atomic E-state index is 12.0. The van der Waals surface area contributed by atoms with Gasteiger partial charge < -0.3 is 15.5 Å². The van der Waals surface area contributed by atoms with Crippen molar-refractivity contribution in [2.45, 2.75) is 19.4 Å². The molecule has 2 N–H and O–H groups in total. The predicted octanol–water partition coefficient (Wildman–Crippen LogP) is 1.38. The molecule has 0 spiro atoms. The Morgan fingerprint density at radius 2 is 2.04 bits per heavy atom. The van der Waals surface area contributed by atoms with Crippen LogP contribution in [0.25, 0.3) is 0 Å². The van der Waals surface area contributed by atoms with Gasteiger partial charge in [0.15, 0.2) is 5.96 Å². The molecule has 1 heterocycles. The van der Waals surface area contributed by atoms with Crippen molar-refractivity contribution in [3.05, 3.63) is 53.9 Å². The number of aryl methyl sites for hydroxylation is 1. The van der Waals surface area contributed by atoms with Crippen molar-refractivity contribution in [3.63, 3.8) is 0 Å². The third-order valence-corrected chi connectivity index (χ3v) is 3.93. The van der Waals surface area contributed by atoms with Gasteiger partial charge in [-0.1, -0.05) is 12.1 Å². The Hall–Kier alpha value is -2.83. The van der Waals surface area contributed by atoms with E-state index in [2.05, 4.69) is 20.7 Å². The minimum Gasteiger partial charge on any atom is -0.356 e. The molecule has 0 saturated carbocycles. The minimum atomic E-state index is 0.0227. The molecule has 2 aromatic rings. The molecule has 1 amide bonds. The fourth-order valence-electron chi connectivity index (χ4n) is 2.54. The number of benzene rings is 1. The van der Waals surface area contributed by atoms with Crippen molar-refractivity contribution >= 4 is 11.9 Å². The molecule has 1 aromatic carbocycles. The fraction of sp³-hybridized carbons (Fsp3) is 0.421. The average Bonchev–Trinajstić information content (AvgIpc) is 3.16. The molecular weight excluding hydrogens is 328 g/mol. The quantitative estimate of drug-likeness (QED) is 0.426. The zero-order valence-electron chi connectivity index (χ0n) is 15.8. The summed E-state index contributed by atoms with van der Waals surface area (Å²) in [6.07, 6.45) is 5.54. The number of hydrogen-bond donors (Lipinski definition) is 2. The fourth-order valence-corrected chi connectivity index (χ4v) is 2.54. The number of aliphatic imine (C=N–C) groups is 1. The zero-order chi connectivity index (χ0) is 18.8. The van der Waals surface area contributed by atoms with Crippen LogP contribution in [0.3, 0.4) is 0 Å². The number of amides is 1. The Morgan fingerprint density at radius 3 is 2.73 bits per heavy atom. The van der Waals surface area contributed by atoms with Crippen molar-refractivity contribution in [3.8, 4) is 0 Å². The van der Waals surface area contributed by atoms with Crippen LogP contribution in [0.4, 0.5) is 0 Å². The predicted molar refractivity (Wildman–Crippen MR) is 104 cm³/mol. The number of carbonyl (C=O) groups excluding carboxylic acids is 1. The van der Waals surface area contributed by atoms with Gasteiger partial charge in [0.05, 0.1) is 0 Å². The van der Waals surface area contributed by atoms with E-state index in [-0.39, 0.29) is 5.91 Å². The molecule has 7 nitrogen and oxygen atoms in total. The second-order valence-electron chi connectivity index (χ2n) is 6.20. The van der Waals surface area contributed by atoms with Gasteiger partial charge in [0.2, 0.25) is 0 Å². The molecule has 0 aliphatic heterocycles. The van der Waals surface area contributed by atoms with Gasteiger partial charge in [-0.15, -0.1) is 0 Å². The maximum atomic E-state index is 12.0. The number of hydrogen-bond acceptors (Lipinski definition) is 3. The first-order valence-corrected chi connectivity index (χ1v) is 8.82. The molecule has 0 radical (unpaired) electrons. The lowest BCUT2D eigenvalue weighted by Gasteiger charge is -2.13. The summed E-state index contributed by atoms with van der Waals surface area (Å²) in [5, 5.41) is 10.8. The van der Waals surface area contributed by atoms with Gasteiger partial charge in [-0.25, -0.2) is 0 Å². The Kier molecular flexibility index (Phi) is 7.67. The molecule has 0 unspecified atom stereocenters. The smallest absolute Gasteiger partial charge is 0.253 e. The first-order valence-electron chi connectivity index (χ1n) is 8.82. The molecule has 0 aliphatic carbocycles. The van der Waals surface area contributed by atoms with Gasteiger partial charge in [0.25, 0.3) is 5.91 Å². The van der Waals surface area contributed by atoms with Gasteiger partial charge in [0.1, 0.15) is 0 Å². The molecule has 2 rings (SSSR count). The van der Waals surface area contributed by atoms with Gasteiger partial charge in [-0.2, -0.15) is 5.10 Å². The summed E-state index contributed by atoms with van der Waals surface area (Å²) in [5.41, 5.74) is 1.84. The Morgan fingerprint density at radius 1 is 1.23 bits per heavy atom. The van der Waals surface area contributed by atoms with Gasteiger partial charge in [-0.3, -0.25) is 14.5 Å². The van der Waals surface area contributed by atoms with E-state index in [9.17, 15) is 4.79 Å². The van der Waals surface area contributed by atoms with Crippen molar-refractivity contribution in [1.82, 2.24) is 25.3 Å². The van der Waals surface area contributed by atoms with Crippen molar-refractivity contribution in [1.29, 1.82) is 0 Å². The highest BCUT2D eigenvalue weighted by molar-refractivity contribution is 5.94. The molecule has 0 fully saturated rings. The molecule has 0 saturated heterocycles. The summed E-state index contributed by atoms with van der Waals surface area (Å²) in [6.45, 7) is 2.45. The third-order valence-electron chi connectivity index (χ3n) is 3.93. The normalized spacial score (nSPS) is 11.3. The Balaban J connectivity index is 1.71. The highest BCUT2D eigenvalue weighted by Gasteiger charge is 2.08. The summed E-state index contributed by atoms with van der Waals surface area (Å²) >= 11 is 0. The largest absolute Gasteiger partial charge is 0.356 e.